The third kappa shape index (κ3) is 3.38. The number of hydrogen-bond acceptors (Lipinski definition) is 5. The lowest BCUT2D eigenvalue weighted by Crippen LogP contribution is -2.32. The Bertz CT molecular complexity index is 473. The maximum atomic E-state index is 12.3. The molecule has 1 aromatic rings. The van der Waals surface area contributed by atoms with Gasteiger partial charge >= 0.3 is 0 Å². The quantitative estimate of drug-likeness (QED) is 0.864. The molecule has 0 saturated heterocycles. The Kier molecular flexibility index (Phi) is 5.33. The molecular formula is C9H15ClN2O3S2. The highest BCUT2D eigenvalue weighted by molar-refractivity contribution is 7.91. The summed E-state index contributed by atoms with van der Waals surface area (Å²) in [6.07, 6.45) is 0.415. The predicted molar refractivity (Wildman–Crippen MR) is 68.0 cm³/mol. The number of thiazole rings is 1. The molecule has 0 radical (unpaired) electrons. The Hall–Kier alpha value is -0.210. The molecule has 0 amide bonds. The fraction of sp³-hybridized carbons (Fsp3) is 0.667. The van der Waals surface area contributed by atoms with E-state index < -0.39 is 10.0 Å². The summed E-state index contributed by atoms with van der Waals surface area (Å²) in [4.78, 5) is 3.90. The highest BCUT2D eigenvalue weighted by atomic mass is 35.5. The van der Waals surface area contributed by atoms with E-state index in [1.807, 2.05) is 0 Å². The van der Waals surface area contributed by atoms with Gasteiger partial charge < -0.3 is 5.11 Å². The van der Waals surface area contributed by atoms with Gasteiger partial charge in [-0.2, -0.15) is 4.31 Å². The Morgan fingerprint density at radius 3 is 2.59 bits per heavy atom. The van der Waals surface area contributed by atoms with E-state index in [0.717, 1.165) is 11.3 Å². The maximum absolute atomic E-state index is 12.3. The minimum atomic E-state index is -3.54. The molecule has 1 N–H and O–H groups in total. The van der Waals surface area contributed by atoms with E-state index in [2.05, 4.69) is 4.98 Å². The van der Waals surface area contributed by atoms with Crippen LogP contribution in [0.1, 0.15) is 19.0 Å². The average molecular weight is 299 g/mol. The van der Waals surface area contributed by atoms with Crippen molar-refractivity contribution in [3.8, 4) is 0 Å². The number of aromatic nitrogens is 1. The molecule has 1 rings (SSSR count). The van der Waals surface area contributed by atoms with Crippen molar-refractivity contribution in [2.45, 2.75) is 24.5 Å². The molecule has 0 unspecified atom stereocenters. The van der Waals surface area contributed by atoms with Crippen molar-refractivity contribution >= 4 is 33.0 Å². The number of nitrogens with zero attached hydrogens (tertiary/aromatic N) is 2. The van der Waals surface area contributed by atoms with E-state index in [4.69, 9.17) is 16.7 Å². The largest absolute Gasteiger partial charge is 0.396 e. The topological polar surface area (TPSA) is 70.5 Å². The zero-order valence-corrected chi connectivity index (χ0v) is 12.1. The first-order valence-electron chi connectivity index (χ1n) is 5.17. The number of aliphatic hydroxyl groups excluding tert-OH is 1. The van der Waals surface area contributed by atoms with Gasteiger partial charge in [0.15, 0.2) is 8.68 Å². The zero-order chi connectivity index (χ0) is 13.1. The lowest BCUT2D eigenvalue weighted by atomic mass is 10.4. The van der Waals surface area contributed by atoms with E-state index in [-0.39, 0.29) is 15.3 Å². The second kappa shape index (κ2) is 6.10. The van der Waals surface area contributed by atoms with E-state index in [0.29, 0.717) is 25.2 Å². The molecule has 98 valence electrons. The summed E-state index contributed by atoms with van der Waals surface area (Å²) in [6.45, 7) is 4.00. The van der Waals surface area contributed by atoms with E-state index >= 15 is 0 Å². The second-order valence-corrected chi connectivity index (χ2v) is 7.13. The third-order valence-electron chi connectivity index (χ3n) is 2.22. The SMILES string of the molecule is CCN(CCCO)S(=O)(=O)c1sc(Cl)nc1C. The zero-order valence-electron chi connectivity index (χ0n) is 9.68. The summed E-state index contributed by atoms with van der Waals surface area (Å²) in [5.74, 6) is 0. The smallest absolute Gasteiger partial charge is 0.254 e. The van der Waals surface area contributed by atoms with Gasteiger partial charge in [0.1, 0.15) is 0 Å². The van der Waals surface area contributed by atoms with Gasteiger partial charge in [0, 0.05) is 19.7 Å². The molecule has 17 heavy (non-hydrogen) atoms. The fourth-order valence-corrected chi connectivity index (χ4v) is 4.76. The first kappa shape index (κ1) is 14.8. The van der Waals surface area contributed by atoms with Crippen LogP contribution in [0.15, 0.2) is 4.21 Å². The van der Waals surface area contributed by atoms with Gasteiger partial charge in [0.2, 0.25) is 0 Å². The molecule has 1 aromatic heterocycles. The molecule has 0 fully saturated rings. The van der Waals surface area contributed by atoms with Crippen molar-refractivity contribution in [3.63, 3.8) is 0 Å². The van der Waals surface area contributed by atoms with E-state index in [9.17, 15) is 8.42 Å². The first-order chi connectivity index (χ1) is 7.93. The van der Waals surface area contributed by atoms with Crippen molar-refractivity contribution in [1.29, 1.82) is 0 Å². The van der Waals surface area contributed by atoms with Crippen molar-refractivity contribution < 1.29 is 13.5 Å². The number of rotatable bonds is 6. The number of halogens is 1. The van der Waals surface area contributed by atoms with Gasteiger partial charge in [-0.1, -0.05) is 29.9 Å². The lowest BCUT2D eigenvalue weighted by molar-refractivity contribution is 0.271. The molecule has 0 atom stereocenters. The second-order valence-electron chi connectivity index (χ2n) is 3.41. The molecule has 8 heteroatoms. The molecule has 0 bridgehead atoms. The summed E-state index contributed by atoms with van der Waals surface area (Å²) in [5, 5.41) is 8.75. The van der Waals surface area contributed by atoms with Gasteiger partial charge in [0.05, 0.1) is 5.69 Å². The first-order valence-corrected chi connectivity index (χ1v) is 7.80. The number of sulfonamides is 1. The fourth-order valence-electron chi connectivity index (χ4n) is 1.40. The lowest BCUT2D eigenvalue weighted by Gasteiger charge is -2.19. The van der Waals surface area contributed by atoms with Crippen molar-refractivity contribution in [2.75, 3.05) is 19.7 Å². The molecule has 0 aliphatic carbocycles. The van der Waals surface area contributed by atoms with Crippen LogP contribution in [0, 0.1) is 6.92 Å². The summed E-state index contributed by atoms with van der Waals surface area (Å²) in [5.41, 5.74) is 0.419. The molecule has 5 nitrogen and oxygen atoms in total. The number of aliphatic hydroxyl groups is 1. The van der Waals surface area contributed by atoms with E-state index in [1.54, 1.807) is 13.8 Å². The van der Waals surface area contributed by atoms with Gasteiger partial charge in [0.25, 0.3) is 10.0 Å². The Morgan fingerprint density at radius 2 is 2.18 bits per heavy atom. The highest BCUT2D eigenvalue weighted by Crippen LogP contribution is 2.29. The molecule has 0 spiro atoms. The molecule has 0 aromatic carbocycles. The monoisotopic (exact) mass is 298 g/mol. The van der Waals surface area contributed by atoms with Gasteiger partial charge in [-0.25, -0.2) is 13.4 Å². The summed E-state index contributed by atoms with van der Waals surface area (Å²) < 4.78 is 26.2. The molecular weight excluding hydrogens is 284 g/mol. The van der Waals surface area contributed by atoms with Crippen LogP contribution in [-0.2, 0) is 10.0 Å². The van der Waals surface area contributed by atoms with Crippen LogP contribution in [0.4, 0.5) is 0 Å². The van der Waals surface area contributed by atoms with E-state index in [1.165, 1.54) is 4.31 Å². The molecule has 0 saturated carbocycles. The summed E-state index contributed by atoms with van der Waals surface area (Å²) in [6, 6.07) is 0. The average Bonchev–Trinajstić information content (AvgIpc) is 2.59. The molecule has 0 aliphatic rings. The van der Waals surface area contributed by atoms with Crippen LogP contribution in [0.25, 0.3) is 0 Å². The van der Waals surface area contributed by atoms with Crippen LogP contribution in [0.3, 0.4) is 0 Å². The standard InChI is InChI=1S/C9H15ClN2O3S2/c1-3-12(5-4-6-13)17(14,15)8-7(2)11-9(10)16-8/h13H,3-6H2,1-2H3. The normalized spacial score (nSPS) is 12.3. The third-order valence-corrected chi connectivity index (χ3v) is 6.04. The Balaban J connectivity index is 3.04. The number of hydrogen-bond donors (Lipinski definition) is 1. The number of aryl methyl sites for hydroxylation is 1. The van der Waals surface area contributed by atoms with Crippen LogP contribution >= 0.6 is 22.9 Å². The maximum Gasteiger partial charge on any atom is 0.254 e. The summed E-state index contributed by atoms with van der Waals surface area (Å²) in [7, 11) is -3.54. The minimum absolute atomic E-state index is 0.0333. The van der Waals surface area contributed by atoms with Crippen LogP contribution in [0.5, 0.6) is 0 Å². The van der Waals surface area contributed by atoms with Crippen LogP contribution in [0.2, 0.25) is 4.47 Å². The van der Waals surface area contributed by atoms with Crippen molar-refractivity contribution in [2.24, 2.45) is 0 Å². The van der Waals surface area contributed by atoms with Crippen LogP contribution < -0.4 is 0 Å². The van der Waals surface area contributed by atoms with Crippen molar-refractivity contribution in [3.05, 3.63) is 10.2 Å². The minimum Gasteiger partial charge on any atom is -0.396 e. The Labute approximate surface area is 110 Å². The predicted octanol–water partition coefficient (Wildman–Crippen LogP) is 1.50. The molecule has 1 heterocycles. The van der Waals surface area contributed by atoms with Gasteiger partial charge in [-0.15, -0.1) is 0 Å². The summed E-state index contributed by atoms with van der Waals surface area (Å²) >= 11 is 6.67. The van der Waals surface area contributed by atoms with Gasteiger partial charge in [-0.3, -0.25) is 0 Å². The molecule has 0 aliphatic heterocycles. The van der Waals surface area contributed by atoms with Crippen molar-refractivity contribution in [1.82, 2.24) is 9.29 Å². The van der Waals surface area contributed by atoms with Gasteiger partial charge in [-0.05, 0) is 13.3 Å². The Morgan fingerprint density at radius 1 is 1.53 bits per heavy atom. The highest BCUT2D eigenvalue weighted by Gasteiger charge is 2.27. The van der Waals surface area contributed by atoms with Crippen LogP contribution in [-0.4, -0.2) is 42.5 Å².